The number of hydrogen-bond donors (Lipinski definition) is 0. The van der Waals surface area contributed by atoms with Gasteiger partial charge in [-0.05, 0) is 42.1 Å². The molecule has 9 heteroatoms. The number of nitrogens with zero attached hydrogens (tertiary/aromatic N) is 6. The highest BCUT2D eigenvalue weighted by molar-refractivity contribution is 7.99. The van der Waals surface area contributed by atoms with Gasteiger partial charge in [0.25, 0.3) is 0 Å². The fraction of sp³-hybridized carbons (Fsp3) is 0.100. The van der Waals surface area contributed by atoms with Crippen molar-refractivity contribution in [3.8, 4) is 16.9 Å². The number of pyridine rings is 2. The summed E-state index contributed by atoms with van der Waals surface area (Å²) in [5, 5.41) is 13.8. The molecule has 7 nitrogen and oxygen atoms in total. The van der Waals surface area contributed by atoms with Crippen LogP contribution in [-0.4, -0.2) is 36.5 Å². The number of rotatable bonds is 4. The first-order chi connectivity index (χ1) is 14.1. The third-order valence-electron chi connectivity index (χ3n) is 4.57. The maximum absolute atomic E-state index is 14.6. The fourth-order valence-electron chi connectivity index (χ4n) is 3.18. The third kappa shape index (κ3) is 3.09. The van der Waals surface area contributed by atoms with Crippen LogP contribution in [0.25, 0.3) is 27.7 Å². The van der Waals surface area contributed by atoms with E-state index >= 15 is 0 Å². The Labute approximate surface area is 169 Å². The van der Waals surface area contributed by atoms with Gasteiger partial charge in [0, 0.05) is 47.0 Å². The molecule has 0 atom stereocenters. The Morgan fingerprint density at radius 3 is 2.76 bits per heavy atom. The first-order valence-electron chi connectivity index (χ1n) is 8.76. The zero-order chi connectivity index (χ0) is 20.0. The zero-order valence-electron chi connectivity index (χ0n) is 15.6. The Kier molecular flexibility index (Phi) is 4.17. The lowest BCUT2D eigenvalue weighted by atomic mass is 10.1. The standard InChI is InChI=1S/C20H15FN6OS/c1-26-10-13(9-23-26)12-7-16(21)19-24-25-20(27(19)11-12)29-14-3-4-17-15(8-14)18(28-2)5-6-22-17/h3-11H,1-2H3. The number of methoxy groups -OCH3 is 1. The molecule has 0 aliphatic rings. The van der Waals surface area contributed by atoms with Crippen LogP contribution in [0.1, 0.15) is 0 Å². The maximum Gasteiger partial charge on any atom is 0.200 e. The lowest BCUT2D eigenvalue weighted by Gasteiger charge is -2.07. The van der Waals surface area contributed by atoms with Gasteiger partial charge in [0.15, 0.2) is 11.5 Å². The summed E-state index contributed by atoms with van der Waals surface area (Å²) in [5.41, 5.74) is 2.54. The third-order valence-corrected chi connectivity index (χ3v) is 5.52. The van der Waals surface area contributed by atoms with Gasteiger partial charge in [-0.15, -0.1) is 10.2 Å². The average molecular weight is 406 g/mol. The van der Waals surface area contributed by atoms with Gasteiger partial charge in [0.05, 0.1) is 18.8 Å². The predicted molar refractivity (Wildman–Crippen MR) is 108 cm³/mol. The minimum absolute atomic E-state index is 0.181. The van der Waals surface area contributed by atoms with E-state index in [1.807, 2.05) is 43.7 Å². The van der Waals surface area contributed by atoms with E-state index in [1.54, 1.807) is 28.6 Å². The van der Waals surface area contributed by atoms with Crippen LogP contribution in [0.4, 0.5) is 4.39 Å². The summed E-state index contributed by atoms with van der Waals surface area (Å²) in [6, 6.07) is 9.11. The van der Waals surface area contributed by atoms with Crippen LogP contribution in [-0.2, 0) is 7.05 Å². The van der Waals surface area contributed by atoms with Crippen LogP contribution in [0, 0.1) is 5.82 Å². The molecule has 29 heavy (non-hydrogen) atoms. The number of ether oxygens (including phenoxy) is 1. The molecule has 0 radical (unpaired) electrons. The van der Waals surface area contributed by atoms with Gasteiger partial charge in [-0.1, -0.05) is 0 Å². The molecule has 0 aliphatic heterocycles. The highest BCUT2D eigenvalue weighted by atomic mass is 32.2. The van der Waals surface area contributed by atoms with Crippen LogP contribution < -0.4 is 4.74 Å². The quantitative estimate of drug-likeness (QED) is 0.450. The van der Waals surface area contributed by atoms with Gasteiger partial charge in [0.2, 0.25) is 5.16 Å². The minimum Gasteiger partial charge on any atom is -0.496 e. The molecule has 1 aromatic carbocycles. The Balaban J connectivity index is 1.59. The van der Waals surface area contributed by atoms with E-state index in [1.165, 1.54) is 17.8 Å². The summed E-state index contributed by atoms with van der Waals surface area (Å²) < 4.78 is 23.4. The molecule has 5 aromatic rings. The van der Waals surface area contributed by atoms with Gasteiger partial charge in [-0.2, -0.15) is 5.10 Å². The van der Waals surface area contributed by atoms with Crippen molar-refractivity contribution in [2.24, 2.45) is 7.05 Å². The van der Waals surface area contributed by atoms with Crippen LogP contribution >= 0.6 is 11.8 Å². The number of fused-ring (bicyclic) bond motifs is 2. The number of hydrogen-bond acceptors (Lipinski definition) is 6. The van der Waals surface area contributed by atoms with Crippen LogP contribution in [0.3, 0.4) is 0 Å². The Bertz CT molecular complexity index is 1360. The van der Waals surface area contributed by atoms with Gasteiger partial charge < -0.3 is 4.74 Å². The lowest BCUT2D eigenvalue weighted by Crippen LogP contribution is -1.93. The second kappa shape index (κ2) is 6.85. The molecule has 0 fully saturated rings. The number of aryl methyl sites for hydroxylation is 1. The number of halogens is 1. The van der Waals surface area contributed by atoms with E-state index in [0.717, 1.165) is 27.1 Å². The van der Waals surface area contributed by atoms with Crippen molar-refractivity contribution in [2.75, 3.05) is 7.11 Å². The van der Waals surface area contributed by atoms with Crippen molar-refractivity contribution < 1.29 is 9.13 Å². The summed E-state index contributed by atoms with van der Waals surface area (Å²) >= 11 is 1.39. The van der Waals surface area contributed by atoms with E-state index in [4.69, 9.17) is 4.74 Å². The molecule has 0 spiro atoms. The van der Waals surface area contributed by atoms with Crippen molar-refractivity contribution >= 4 is 28.3 Å². The fourth-order valence-corrected chi connectivity index (χ4v) is 4.02. The Hall–Kier alpha value is -3.46. The first kappa shape index (κ1) is 17.6. The average Bonchev–Trinajstić information content (AvgIpc) is 3.34. The van der Waals surface area contributed by atoms with E-state index < -0.39 is 5.82 Å². The van der Waals surface area contributed by atoms with Gasteiger partial charge in [-0.3, -0.25) is 14.1 Å². The molecule has 4 heterocycles. The molecule has 0 aliphatic carbocycles. The van der Waals surface area contributed by atoms with Crippen molar-refractivity contribution in [3.05, 3.63) is 60.9 Å². The summed E-state index contributed by atoms with van der Waals surface area (Å²) in [7, 11) is 3.45. The van der Waals surface area contributed by atoms with Crippen LogP contribution in [0.15, 0.2) is 65.2 Å². The summed E-state index contributed by atoms with van der Waals surface area (Å²) in [6.45, 7) is 0. The molecular weight excluding hydrogens is 391 g/mol. The molecule has 0 amide bonds. The van der Waals surface area contributed by atoms with Crippen LogP contribution in [0.5, 0.6) is 5.75 Å². The van der Waals surface area contributed by atoms with Gasteiger partial charge in [-0.25, -0.2) is 4.39 Å². The minimum atomic E-state index is -0.435. The van der Waals surface area contributed by atoms with E-state index in [2.05, 4.69) is 20.3 Å². The van der Waals surface area contributed by atoms with Gasteiger partial charge in [0.1, 0.15) is 5.75 Å². The highest BCUT2D eigenvalue weighted by Crippen LogP contribution is 2.33. The molecule has 4 aromatic heterocycles. The van der Waals surface area contributed by atoms with E-state index in [0.29, 0.717) is 10.7 Å². The summed E-state index contributed by atoms with van der Waals surface area (Å²) in [4.78, 5) is 5.28. The molecular formula is C20H15FN6OS. The maximum atomic E-state index is 14.6. The largest absolute Gasteiger partial charge is 0.496 e. The SMILES string of the molecule is COc1ccnc2ccc(Sc3nnc4c(F)cc(-c5cnn(C)c5)cn34)cc12. The smallest absolute Gasteiger partial charge is 0.200 e. The molecule has 0 saturated carbocycles. The molecule has 0 bridgehead atoms. The molecule has 144 valence electrons. The van der Waals surface area contributed by atoms with Crippen molar-refractivity contribution in [2.45, 2.75) is 10.1 Å². The summed E-state index contributed by atoms with van der Waals surface area (Å²) in [5.74, 6) is 0.309. The normalized spacial score (nSPS) is 11.4. The van der Waals surface area contributed by atoms with Crippen molar-refractivity contribution in [3.63, 3.8) is 0 Å². The summed E-state index contributed by atoms with van der Waals surface area (Å²) in [6.07, 6.45) is 7.06. The lowest BCUT2D eigenvalue weighted by molar-refractivity contribution is 0.419. The Morgan fingerprint density at radius 1 is 1.07 bits per heavy atom. The van der Waals surface area contributed by atoms with Crippen molar-refractivity contribution in [1.82, 2.24) is 29.4 Å². The predicted octanol–water partition coefficient (Wildman–Crippen LogP) is 3.98. The molecule has 0 saturated heterocycles. The van der Waals surface area contributed by atoms with E-state index in [-0.39, 0.29) is 5.65 Å². The van der Waals surface area contributed by atoms with E-state index in [9.17, 15) is 4.39 Å². The first-order valence-corrected chi connectivity index (χ1v) is 9.58. The zero-order valence-corrected chi connectivity index (χ0v) is 16.4. The van der Waals surface area contributed by atoms with Crippen LogP contribution in [0.2, 0.25) is 0 Å². The highest BCUT2D eigenvalue weighted by Gasteiger charge is 2.15. The topological polar surface area (TPSA) is 70.1 Å². The molecule has 0 N–H and O–H groups in total. The molecule has 0 unspecified atom stereocenters. The number of aromatic nitrogens is 6. The molecule has 5 rings (SSSR count). The van der Waals surface area contributed by atoms with Crippen molar-refractivity contribution in [1.29, 1.82) is 0 Å². The monoisotopic (exact) mass is 406 g/mol. The second-order valence-corrected chi connectivity index (χ2v) is 7.49. The van der Waals surface area contributed by atoms with Gasteiger partial charge >= 0.3 is 0 Å². The second-order valence-electron chi connectivity index (χ2n) is 6.45. The number of benzene rings is 1. The Morgan fingerprint density at radius 2 is 1.97 bits per heavy atom.